The molecule has 0 atom stereocenters. The van der Waals surface area contributed by atoms with Crippen LogP contribution in [0.4, 0.5) is 0 Å². The van der Waals surface area contributed by atoms with Gasteiger partial charge in [0.1, 0.15) is 17.4 Å². The highest BCUT2D eigenvalue weighted by Crippen LogP contribution is 2.25. The summed E-state index contributed by atoms with van der Waals surface area (Å²) in [5.41, 5.74) is 2.72. The highest BCUT2D eigenvalue weighted by atomic mass is 35.5. The van der Waals surface area contributed by atoms with Gasteiger partial charge in [0.05, 0.1) is 11.9 Å². The maximum Gasteiger partial charge on any atom is 0.131 e. The highest BCUT2D eigenvalue weighted by Gasteiger charge is 2.05. The number of benzene rings is 2. The van der Waals surface area contributed by atoms with Crippen molar-refractivity contribution in [2.75, 3.05) is 0 Å². The summed E-state index contributed by atoms with van der Waals surface area (Å²) in [6.07, 6.45) is 1.36. The van der Waals surface area contributed by atoms with Crippen LogP contribution in [0.1, 0.15) is 11.3 Å². The Balaban J connectivity index is 1.64. The molecule has 116 valence electrons. The second-order valence-electron chi connectivity index (χ2n) is 4.75. The van der Waals surface area contributed by atoms with E-state index in [1.807, 2.05) is 53.9 Å². The Bertz CT molecular complexity index is 798. The first-order chi connectivity index (χ1) is 11.2. The zero-order chi connectivity index (χ0) is 16.1. The van der Waals surface area contributed by atoms with E-state index in [1.165, 1.54) is 6.21 Å². The topological polar surface area (TPSA) is 54.7 Å². The molecule has 0 radical (unpaired) electrons. The van der Waals surface area contributed by atoms with Crippen LogP contribution < -0.4 is 4.74 Å². The van der Waals surface area contributed by atoms with Crippen LogP contribution in [0.5, 0.6) is 5.75 Å². The summed E-state index contributed by atoms with van der Waals surface area (Å²) >= 11 is 7.47. The highest BCUT2D eigenvalue weighted by molar-refractivity contribution is 7.13. The van der Waals surface area contributed by atoms with Gasteiger partial charge in [0.25, 0.3) is 0 Å². The van der Waals surface area contributed by atoms with Crippen LogP contribution in [0.2, 0.25) is 5.02 Å². The Morgan fingerprint density at radius 1 is 1.13 bits per heavy atom. The number of hydrogen-bond acceptors (Lipinski definition) is 5. The van der Waals surface area contributed by atoms with Crippen molar-refractivity contribution in [2.24, 2.45) is 5.16 Å². The molecule has 0 fully saturated rings. The monoisotopic (exact) mass is 344 g/mol. The van der Waals surface area contributed by atoms with E-state index >= 15 is 0 Å². The molecule has 0 bridgehead atoms. The van der Waals surface area contributed by atoms with Gasteiger partial charge < -0.3 is 9.94 Å². The van der Waals surface area contributed by atoms with E-state index in [0.29, 0.717) is 11.6 Å². The van der Waals surface area contributed by atoms with E-state index < -0.39 is 0 Å². The van der Waals surface area contributed by atoms with Crippen LogP contribution in [-0.2, 0) is 6.61 Å². The first-order valence-corrected chi connectivity index (χ1v) is 8.11. The van der Waals surface area contributed by atoms with Crippen molar-refractivity contribution < 1.29 is 9.94 Å². The van der Waals surface area contributed by atoms with Crippen LogP contribution in [0.3, 0.4) is 0 Å². The fourth-order valence-corrected chi connectivity index (χ4v) is 2.91. The minimum atomic E-state index is 0.400. The summed E-state index contributed by atoms with van der Waals surface area (Å²) < 4.78 is 5.71. The summed E-state index contributed by atoms with van der Waals surface area (Å²) in [5, 5.41) is 15.1. The van der Waals surface area contributed by atoms with E-state index in [1.54, 1.807) is 11.3 Å². The quantitative estimate of drug-likeness (QED) is 0.409. The van der Waals surface area contributed by atoms with Crippen molar-refractivity contribution in [3.8, 4) is 16.3 Å². The third-order valence-electron chi connectivity index (χ3n) is 3.12. The summed E-state index contributed by atoms with van der Waals surface area (Å²) in [6.45, 7) is 0.400. The molecule has 6 heteroatoms. The first-order valence-electron chi connectivity index (χ1n) is 6.85. The Kier molecular flexibility index (Phi) is 4.90. The second-order valence-corrected chi connectivity index (χ2v) is 6.05. The minimum absolute atomic E-state index is 0.400. The largest absolute Gasteiger partial charge is 0.487 e. The maximum atomic E-state index is 8.48. The van der Waals surface area contributed by atoms with Gasteiger partial charge in [-0.1, -0.05) is 28.9 Å². The number of rotatable bonds is 5. The molecular weight excluding hydrogens is 332 g/mol. The van der Waals surface area contributed by atoms with Crippen LogP contribution >= 0.6 is 22.9 Å². The molecule has 4 nitrogen and oxygen atoms in total. The van der Waals surface area contributed by atoms with E-state index in [-0.39, 0.29) is 0 Å². The number of nitrogens with zero attached hydrogens (tertiary/aromatic N) is 2. The molecule has 0 unspecified atom stereocenters. The average molecular weight is 345 g/mol. The lowest BCUT2D eigenvalue weighted by Crippen LogP contribution is -1.96. The third-order valence-corrected chi connectivity index (χ3v) is 4.31. The van der Waals surface area contributed by atoms with Crippen molar-refractivity contribution in [1.82, 2.24) is 4.98 Å². The summed E-state index contributed by atoms with van der Waals surface area (Å²) in [7, 11) is 0. The molecule has 3 rings (SSSR count). The van der Waals surface area contributed by atoms with Crippen LogP contribution in [-0.4, -0.2) is 16.4 Å². The summed E-state index contributed by atoms with van der Waals surface area (Å²) in [4.78, 5) is 4.57. The molecule has 0 saturated carbocycles. The second kappa shape index (κ2) is 7.26. The zero-order valence-corrected chi connectivity index (χ0v) is 13.6. The number of thiazole rings is 1. The normalized spacial score (nSPS) is 11.0. The van der Waals surface area contributed by atoms with E-state index in [4.69, 9.17) is 21.5 Å². The van der Waals surface area contributed by atoms with Crippen LogP contribution in [0.15, 0.2) is 59.1 Å². The van der Waals surface area contributed by atoms with Gasteiger partial charge in [0.2, 0.25) is 0 Å². The minimum Gasteiger partial charge on any atom is -0.487 e. The van der Waals surface area contributed by atoms with Gasteiger partial charge in [-0.25, -0.2) is 4.98 Å². The van der Waals surface area contributed by atoms with Gasteiger partial charge in [0.15, 0.2) is 0 Å². The predicted molar refractivity (Wildman–Crippen MR) is 92.7 cm³/mol. The fourth-order valence-electron chi connectivity index (χ4n) is 1.97. The lowest BCUT2D eigenvalue weighted by atomic mass is 10.2. The number of ether oxygens (including phenoxy) is 1. The smallest absolute Gasteiger partial charge is 0.131 e. The molecule has 0 aliphatic heterocycles. The number of oxime groups is 1. The van der Waals surface area contributed by atoms with E-state index in [2.05, 4.69) is 10.1 Å². The molecule has 0 aliphatic rings. The molecule has 1 aromatic heterocycles. The maximum absolute atomic E-state index is 8.48. The number of hydrogen-bond donors (Lipinski definition) is 1. The van der Waals surface area contributed by atoms with Crippen molar-refractivity contribution in [3.05, 3.63) is 70.2 Å². The van der Waals surface area contributed by atoms with Gasteiger partial charge in [0, 0.05) is 16.0 Å². The van der Waals surface area contributed by atoms with Gasteiger partial charge in [-0.05, 0) is 42.0 Å². The number of halogens is 1. The van der Waals surface area contributed by atoms with Gasteiger partial charge in [-0.2, -0.15) is 0 Å². The molecule has 0 saturated heterocycles. The average Bonchev–Trinajstić information content (AvgIpc) is 3.04. The molecular formula is C17H13ClN2O2S. The third kappa shape index (κ3) is 4.09. The standard InChI is InChI=1S/C17H13ClN2O2S/c18-14-5-3-13(4-6-14)17-20-15(11-23-17)10-22-16-7-1-12(2-8-16)9-19-21/h1-9,11,21H,10H2. The SMILES string of the molecule is ON=Cc1ccc(OCc2csc(-c3ccc(Cl)cc3)n2)cc1. The molecule has 3 aromatic rings. The zero-order valence-electron chi connectivity index (χ0n) is 12.0. The molecule has 0 amide bonds. The summed E-state index contributed by atoms with van der Waals surface area (Å²) in [5.74, 6) is 0.737. The fraction of sp³-hybridized carbons (Fsp3) is 0.0588. The summed E-state index contributed by atoms with van der Waals surface area (Å²) in [6, 6.07) is 14.9. The van der Waals surface area contributed by atoms with Crippen LogP contribution in [0.25, 0.3) is 10.6 Å². The van der Waals surface area contributed by atoms with Crippen molar-refractivity contribution >= 4 is 29.2 Å². The molecule has 23 heavy (non-hydrogen) atoms. The number of aromatic nitrogens is 1. The van der Waals surface area contributed by atoms with Crippen LogP contribution in [0, 0.1) is 0 Å². The Morgan fingerprint density at radius 2 is 1.87 bits per heavy atom. The van der Waals surface area contributed by atoms with Gasteiger partial charge in [-0.15, -0.1) is 11.3 Å². The molecule has 2 aromatic carbocycles. The van der Waals surface area contributed by atoms with E-state index in [9.17, 15) is 0 Å². The molecule has 1 heterocycles. The Labute approximate surface area is 142 Å². The lowest BCUT2D eigenvalue weighted by molar-refractivity contribution is 0.302. The van der Waals surface area contributed by atoms with E-state index in [0.717, 1.165) is 27.6 Å². The van der Waals surface area contributed by atoms with Crippen molar-refractivity contribution in [1.29, 1.82) is 0 Å². The lowest BCUT2D eigenvalue weighted by Gasteiger charge is -2.04. The van der Waals surface area contributed by atoms with Gasteiger partial charge >= 0.3 is 0 Å². The molecule has 0 spiro atoms. The first kappa shape index (κ1) is 15.5. The predicted octanol–water partition coefficient (Wildman–Crippen LogP) is 4.85. The Hall–Kier alpha value is -2.37. The molecule has 0 aliphatic carbocycles. The van der Waals surface area contributed by atoms with Crippen molar-refractivity contribution in [3.63, 3.8) is 0 Å². The Morgan fingerprint density at radius 3 is 2.57 bits per heavy atom. The molecule has 1 N–H and O–H groups in total. The van der Waals surface area contributed by atoms with Crippen molar-refractivity contribution in [2.45, 2.75) is 6.61 Å². The van der Waals surface area contributed by atoms with Gasteiger partial charge in [-0.3, -0.25) is 0 Å².